The van der Waals surface area contributed by atoms with Gasteiger partial charge in [0.05, 0.1) is 0 Å². The minimum absolute atomic E-state index is 0.245. The summed E-state index contributed by atoms with van der Waals surface area (Å²) in [6, 6.07) is 8.33. The van der Waals surface area contributed by atoms with Crippen molar-refractivity contribution in [2.24, 2.45) is 0 Å². The summed E-state index contributed by atoms with van der Waals surface area (Å²) in [7, 11) is 0. The quantitative estimate of drug-likeness (QED) is 0.920. The van der Waals surface area contributed by atoms with E-state index < -0.39 is 0 Å². The monoisotopic (exact) mass is 286 g/mol. The van der Waals surface area contributed by atoms with Crippen LogP contribution in [0.3, 0.4) is 0 Å². The molecule has 0 spiro atoms. The molecule has 3 rings (SSSR count). The number of benzene rings is 1. The lowest BCUT2D eigenvalue weighted by Crippen LogP contribution is -2.28. The number of halogens is 1. The largest absolute Gasteiger partial charge is 0.355 e. The van der Waals surface area contributed by atoms with Gasteiger partial charge in [0.2, 0.25) is 0 Å². The zero-order chi connectivity index (χ0) is 14.7. The number of hydrogen-bond donors (Lipinski definition) is 1. The van der Waals surface area contributed by atoms with Crippen LogP contribution in [0.15, 0.2) is 30.3 Å². The Labute approximate surface area is 124 Å². The van der Waals surface area contributed by atoms with Crippen molar-refractivity contribution >= 4 is 5.82 Å². The standard InChI is InChI=1S/C16H19FN4/c1-12-11-15(21-9-2-7-18-8-10-21)20-16(19-12)13-3-5-14(17)6-4-13/h3-6,11,18H,2,7-10H2,1H3. The summed E-state index contributed by atoms with van der Waals surface area (Å²) in [5.41, 5.74) is 1.77. The van der Waals surface area contributed by atoms with Gasteiger partial charge in [-0.15, -0.1) is 0 Å². The Hall–Kier alpha value is -2.01. The lowest BCUT2D eigenvalue weighted by atomic mass is 10.2. The van der Waals surface area contributed by atoms with Gasteiger partial charge in [-0.25, -0.2) is 14.4 Å². The molecular formula is C16H19FN4. The van der Waals surface area contributed by atoms with Gasteiger partial charge in [0.15, 0.2) is 5.82 Å². The molecular weight excluding hydrogens is 267 g/mol. The number of hydrogen-bond acceptors (Lipinski definition) is 4. The van der Waals surface area contributed by atoms with Crippen LogP contribution in [0, 0.1) is 12.7 Å². The minimum atomic E-state index is -0.245. The Balaban J connectivity index is 1.93. The van der Waals surface area contributed by atoms with Crippen molar-refractivity contribution in [3.63, 3.8) is 0 Å². The summed E-state index contributed by atoms with van der Waals surface area (Å²) in [6.45, 7) is 5.92. The molecule has 0 bridgehead atoms. The van der Waals surface area contributed by atoms with Crippen molar-refractivity contribution in [1.82, 2.24) is 15.3 Å². The third-order valence-electron chi connectivity index (χ3n) is 3.61. The molecule has 1 N–H and O–H groups in total. The molecule has 0 amide bonds. The summed E-state index contributed by atoms with van der Waals surface area (Å²) >= 11 is 0. The van der Waals surface area contributed by atoms with Gasteiger partial charge in [-0.05, 0) is 44.2 Å². The smallest absolute Gasteiger partial charge is 0.161 e. The van der Waals surface area contributed by atoms with E-state index in [0.717, 1.165) is 49.7 Å². The fraction of sp³-hybridized carbons (Fsp3) is 0.375. The van der Waals surface area contributed by atoms with Crippen LogP contribution in [-0.4, -0.2) is 36.1 Å². The molecule has 0 unspecified atom stereocenters. The number of aromatic nitrogens is 2. The van der Waals surface area contributed by atoms with E-state index in [1.807, 2.05) is 13.0 Å². The molecule has 1 fully saturated rings. The van der Waals surface area contributed by atoms with Crippen LogP contribution in [0.1, 0.15) is 12.1 Å². The van der Waals surface area contributed by atoms with Crippen molar-refractivity contribution in [3.05, 3.63) is 41.8 Å². The van der Waals surface area contributed by atoms with Crippen LogP contribution >= 0.6 is 0 Å². The molecule has 110 valence electrons. The molecule has 4 nitrogen and oxygen atoms in total. The summed E-state index contributed by atoms with van der Waals surface area (Å²) in [5, 5.41) is 3.39. The highest BCUT2D eigenvalue weighted by Crippen LogP contribution is 2.21. The maximum absolute atomic E-state index is 13.0. The van der Waals surface area contributed by atoms with Crippen molar-refractivity contribution in [1.29, 1.82) is 0 Å². The Morgan fingerprint density at radius 2 is 1.90 bits per heavy atom. The van der Waals surface area contributed by atoms with Crippen molar-refractivity contribution in [2.75, 3.05) is 31.1 Å². The summed E-state index contributed by atoms with van der Waals surface area (Å²) in [6.07, 6.45) is 1.11. The van der Waals surface area contributed by atoms with Crippen LogP contribution in [-0.2, 0) is 0 Å². The van der Waals surface area contributed by atoms with Gasteiger partial charge in [-0.1, -0.05) is 0 Å². The van der Waals surface area contributed by atoms with Crippen LogP contribution < -0.4 is 10.2 Å². The van der Waals surface area contributed by atoms with E-state index in [-0.39, 0.29) is 5.82 Å². The molecule has 1 saturated heterocycles. The van der Waals surface area contributed by atoms with E-state index in [9.17, 15) is 4.39 Å². The number of rotatable bonds is 2. The Kier molecular flexibility index (Phi) is 4.10. The van der Waals surface area contributed by atoms with Crippen molar-refractivity contribution < 1.29 is 4.39 Å². The summed E-state index contributed by atoms with van der Waals surface area (Å²) < 4.78 is 13.0. The molecule has 2 heterocycles. The van der Waals surface area contributed by atoms with Crippen LogP contribution in [0.5, 0.6) is 0 Å². The lowest BCUT2D eigenvalue weighted by molar-refractivity contribution is 0.628. The molecule has 1 aromatic heterocycles. The van der Waals surface area contributed by atoms with Gasteiger partial charge in [0, 0.05) is 37.0 Å². The first-order chi connectivity index (χ1) is 10.2. The first-order valence-corrected chi connectivity index (χ1v) is 7.30. The topological polar surface area (TPSA) is 41.0 Å². The zero-order valence-corrected chi connectivity index (χ0v) is 12.1. The number of anilines is 1. The van der Waals surface area contributed by atoms with E-state index in [1.54, 1.807) is 12.1 Å². The van der Waals surface area contributed by atoms with Crippen molar-refractivity contribution in [2.45, 2.75) is 13.3 Å². The third-order valence-corrected chi connectivity index (χ3v) is 3.61. The fourth-order valence-electron chi connectivity index (χ4n) is 2.52. The van der Waals surface area contributed by atoms with E-state index in [1.165, 1.54) is 12.1 Å². The molecule has 2 aromatic rings. The molecule has 5 heteroatoms. The fourth-order valence-corrected chi connectivity index (χ4v) is 2.52. The van der Waals surface area contributed by atoms with Crippen LogP contribution in [0.25, 0.3) is 11.4 Å². The third kappa shape index (κ3) is 3.36. The van der Waals surface area contributed by atoms with Gasteiger partial charge in [0.1, 0.15) is 11.6 Å². The second-order valence-corrected chi connectivity index (χ2v) is 5.29. The second kappa shape index (κ2) is 6.18. The van der Waals surface area contributed by atoms with E-state index in [2.05, 4.69) is 20.2 Å². The predicted octanol–water partition coefficient (Wildman–Crippen LogP) is 2.39. The first kappa shape index (κ1) is 13.9. The normalized spacial score (nSPS) is 15.8. The molecule has 1 aliphatic rings. The summed E-state index contributed by atoms with van der Waals surface area (Å²) in [5.74, 6) is 1.36. The van der Waals surface area contributed by atoms with Gasteiger partial charge in [-0.3, -0.25) is 0 Å². The van der Waals surface area contributed by atoms with Gasteiger partial charge in [-0.2, -0.15) is 0 Å². The maximum atomic E-state index is 13.0. The van der Waals surface area contributed by atoms with Gasteiger partial charge < -0.3 is 10.2 Å². The van der Waals surface area contributed by atoms with E-state index >= 15 is 0 Å². The maximum Gasteiger partial charge on any atom is 0.161 e. The Morgan fingerprint density at radius 3 is 2.71 bits per heavy atom. The molecule has 21 heavy (non-hydrogen) atoms. The number of nitrogens with zero attached hydrogens (tertiary/aromatic N) is 3. The van der Waals surface area contributed by atoms with Gasteiger partial charge in [0.25, 0.3) is 0 Å². The predicted molar refractivity (Wildman–Crippen MR) is 81.9 cm³/mol. The highest BCUT2D eigenvalue weighted by atomic mass is 19.1. The molecule has 0 radical (unpaired) electrons. The van der Waals surface area contributed by atoms with E-state index in [0.29, 0.717) is 5.82 Å². The SMILES string of the molecule is Cc1cc(N2CCCNCC2)nc(-c2ccc(F)cc2)n1. The molecule has 0 atom stereocenters. The van der Waals surface area contributed by atoms with Crippen LogP contribution in [0.4, 0.5) is 10.2 Å². The molecule has 0 aliphatic carbocycles. The van der Waals surface area contributed by atoms with E-state index in [4.69, 9.17) is 0 Å². The number of nitrogens with one attached hydrogen (secondary N) is 1. The minimum Gasteiger partial charge on any atom is -0.355 e. The first-order valence-electron chi connectivity index (χ1n) is 7.30. The molecule has 0 saturated carbocycles. The number of aryl methyl sites for hydroxylation is 1. The molecule has 1 aromatic carbocycles. The zero-order valence-electron chi connectivity index (χ0n) is 12.1. The Morgan fingerprint density at radius 1 is 1.10 bits per heavy atom. The highest BCUT2D eigenvalue weighted by Gasteiger charge is 2.13. The van der Waals surface area contributed by atoms with Gasteiger partial charge >= 0.3 is 0 Å². The lowest BCUT2D eigenvalue weighted by Gasteiger charge is -2.21. The van der Waals surface area contributed by atoms with Crippen LogP contribution in [0.2, 0.25) is 0 Å². The summed E-state index contributed by atoms with van der Waals surface area (Å²) in [4.78, 5) is 11.4. The average molecular weight is 286 g/mol. The highest BCUT2D eigenvalue weighted by molar-refractivity contribution is 5.58. The van der Waals surface area contributed by atoms with Crippen molar-refractivity contribution in [3.8, 4) is 11.4 Å². The Bertz CT molecular complexity index is 604. The second-order valence-electron chi connectivity index (χ2n) is 5.29. The average Bonchev–Trinajstić information content (AvgIpc) is 2.76. The molecule has 1 aliphatic heterocycles.